The third-order valence-corrected chi connectivity index (χ3v) is 4.11. The van der Waals surface area contributed by atoms with Gasteiger partial charge in [-0.25, -0.2) is 4.39 Å². The lowest BCUT2D eigenvalue weighted by Gasteiger charge is -2.28. The molecular weight excluding hydrogens is 309 g/mol. The van der Waals surface area contributed by atoms with E-state index in [1.54, 1.807) is 18.7 Å². The number of hydrogen-bond acceptors (Lipinski definition) is 3. The Bertz CT molecular complexity index is 538. The van der Waals surface area contributed by atoms with Crippen molar-refractivity contribution in [2.45, 2.75) is 51.4 Å². The number of benzene rings is 1. The van der Waals surface area contributed by atoms with Gasteiger partial charge in [-0.2, -0.15) is 0 Å². The van der Waals surface area contributed by atoms with Crippen LogP contribution >= 0.6 is 11.6 Å². The van der Waals surface area contributed by atoms with E-state index in [1.165, 1.54) is 12.1 Å². The van der Waals surface area contributed by atoms with Crippen LogP contribution in [-0.4, -0.2) is 40.7 Å². The van der Waals surface area contributed by atoms with Crippen LogP contribution < -0.4 is 4.74 Å². The van der Waals surface area contributed by atoms with Crippen LogP contribution in [0.1, 0.15) is 33.1 Å². The molecule has 0 saturated carbocycles. The third kappa shape index (κ3) is 4.11. The van der Waals surface area contributed by atoms with E-state index in [0.29, 0.717) is 13.0 Å². The number of halogens is 2. The molecule has 1 aromatic carbocycles. The second kappa shape index (κ2) is 7.29. The maximum Gasteiger partial charge on any atom is 0.263 e. The van der Waals surface area contributed by atoms with Crippen molar-refractivity contribution in [1.82, 2.24) is 4.90 Å². The highest BCUT2D eigenvalue weighted by Gasteiger charge is 2.33. The molecule has 1 aliphatic rings. The molecule has 1 aromatic rings. The quantitative estimate of drug-likeness (QED) is 0.903. The van der Waals surface area contributed by atoms with Crippen LogP contribution in [0.5, 0.6) is 5.75 Å². The first kappa shape index (κ1) is 17.0. The van der Waals surface area contributed by atoms with E-state index in [9.17, 15) is 14.3 Å². The van der Waals surface area contributed by atoms with Gasteiger partial charge in [-0.15, -0.1) is 0 Å². The van der Waals surface area contributed by atoms with Gasteiger partial charge in [0, 0.05) is 12.6 Å². The van der Waals surface area contributed by atoms with Crippen molar-refractivity contribution in [2.24, 2.45) is 0 Å². The molecule has 2 rings (SSSR count). The molecule has 1 heterocycles. The predicted octanol–water partition coefficient (Wildman–Crippen LogP) is 3.01. The van der Waals surface area contributed by atoms with Gasteiger partial charge >= 0.3 is 0 Å². The maximum absolute atomic E-state index is 13.0. The van der Waals surface area contributed by atoms with Gasteiger partial charge in [0.15, 0.2) is 6.10 Å². The summed E-state index contributed by atoms with van der Waals surface area (Å²) < 4.78 is 18.6. The Morgan fingerprint density at radius 2 is 2.27 bits per heavy atom. The molecule has 4 nitrogen and oxygen atoms in total. The fourth-order valence-corrected chi connectivity index (χ4v) is 3.02. The first-order valence-corrected chi connectivity index (χ1v) is 7.86. The number of rotatable bonds is 5. The van der Waals surface area contributed by atoms with E-state index in [1.807, 2.05) is 0 Å². The van der Waals surface area contributed by atoms with E-state index in [0.717, 1.165) is 18.9 Å². The molecule has 0 aliphatic carbocycles. The van der Waals surface area contributed by atoms with Gasteiger partial charge in [0.2, 0.25) is 0 Å². The highest BCUT2D eigenvalue weighted by Crippen LogP contribution is 2.27. The number of carbonyl (C=O) groups is 1. The lowest BCUT2D eigenvalue weighted by Crippen LogP contribution is -2.44. The summed E-state index contributed by atoms with van der Waals surface area (Å²) in [6.07, 6.45) is 1.22. The Hall–Kier alpha value is -1.33. The van der Waals surface area contributed by atoms with Gasteiger partial charge in [-0.1, -0.05) is 11.6 Å². The van der Waals surface area contributed by atoms with Crippen LogP contribution in [0.15, 0.2) is 18.2 Å². The monoisotopic (exact) mass is 329 g/mol. The maximum atomic E-state index is 13.0. The summed E-state index contributed by atoms with van der Waals surface area (Å²) in [4.78, 5) is 14.3. The highest BCUT2D eigenvalue weighted by atomic mass is 35.5. The van der Waals surface area contributed by atoms with E-state index >= 15 is 0 Å². The summed E-state index contributed by atoms with van der Waals surface area (Å²) in [6.45, 7) is 4.04. The van der Waals surface area contributed by atoms with Crippen molar-refractivity contribution in [3.8, 4) is 5.75 Å². The van der Waals surface area contributed by atoms with Crippen molar-refractivity contribution < 1.29 is 19.0 Å². The summed E-state index contributed by atoms with van der Waals surface area (Å²) in [5, 5.41) is 9.67. The smallest absolute Gasteiger partial charge is 0.263 e. The Kier molecular flexibility index (Phi) is 5.64. The molecule has 6 heteroatoms. The van der Waals surface area contributed by atoms with Crippen LogP contribution in [0.25, 0.3) is 0 Å². The second-order valence-electron chi connectivity index (χ2n) is 5.75. The average molecular weight is 330 g/mol. The number of aliphatic hydroxyl groups excluding tert-OH is 1. The fourth-order valence-electron chi connectivity index (χ4n) is 2.81. The van der Waals surface area contributed by atoms with E-state index in [4.69, 9.17) is 16.3 Å². The molecule has 0 spiro atoms. The first-order valence-electron chi connectivity index (χ1n) is 7.48. The molecule has 0 radical (unpaired) electrons. The molecule has 1 fully saturated rings. The average Bonchev–Trinajstić information content (AvgIpc) is 2.88. The van der Waals surface area contributed by atoms with Gasteiger partial charge in [-0.05, 0) is 51.3 Å². The van der Waals surface area contributed by atoms with Crippen molar-refractivity contribution in [2.75, 3.05) is 6.54 Å². The number of nitrogens with zero attached hydrogens (tertiary/aromatic N) is 1. The first-order chi connectivity index (χ1) is 10.4. The van der Waals surface area contributed by atoms with Crippen molar-refractivity contribution >= 4 is 17.5 Å². The zero-order chi connectivity index (χ0) is 16.3. The van der Waals surface area contributed by atoms with Crippen LogP contribution in [-0.2, 0) is 4.79 Å². The Balaban J connectivity index is 2.02. The molecule has 0 bridgehead atoms. The Morgan fingerprint density at radius 1 is 1.55 bits per heavy atom. The van der Waals surface area contributed by atoms with E-state index < -0.39 is 18.0 Å². The summed E-state index contributed by atoms with van der Waals surface area (Å²) >= 11 is 5.91. The minimum Gasteiger partial charge on any atom is -0.479 e. The van der Waals surface area contributed by atoms with Gasteiger partial charge in [-0.3, -0.25) is 4.79 Å². The molecule has 1 N–H and O–H groups in total. The van der Waals surface area contributed by atoms with Crippen molar-refractivity contribution in [1.29, 1.82) is 0 Å². The lowest BCUT2D eigenvalue weighted by atomic mass is 10.1. The number of likely N-dealkylation sites (tertiary alicyclic amines) is 1. The standard InChI is InChI=1S/C16H21ClFNO3/c1-10(20)8-13-4-3-7-19(13)16(21)11(2)22-15-6-5-12(18)9-14(15)17/h5-6,9-11,13,20H,3-4,7-8H2,1-2H3. The Morgan fingerprint density at radius 3 is 2.91 bits per heavy atom. The molecular formula is C16H21ClFNO3. The second-order valence-corrected chi connectivity index (χ2v) is 6.15. The summed E-state index contributed by atoms with van der Waals surface area (Å²) in [5.74, 6) is -0.299. The van der Waals surface area contributed by atoms with Crippen LogP contribution in [0, 0.1) is 5.82 Å². The zero-order valence-corrected chi connectivity index (χ0v) is 13.5. The van der Waals surface area contributed by atoms with Gasteiger partial charge in [0.1, 0.15) is 11.6 Å². The van der Waals surface area contributed by atoms with Crippen LogP contribution in [0.4, 0.5) is 4.39 Å². The van der Waals surface area contributed by atoms with Crippen LogP contribution in [0.2, 0.25) is 5.02 Å². The predicted molar refractivity (Wildman–Crippen MR) is 82.5 cm³/mol. The molecule has 3 unspecified atom stereocenters. The SMILES string of the molecule is CC(O)CC1CCCN1C(=O)C(C)Oc1ccc(F)cc1Cl. The summed E-state index contributed by atoms with van der Waals surface area (Å²) in [7, 11) is 0. The largest absolute Gasteiger partial charge is 0.479 e. The van der Waals surface area contributed by atoms with E-state index in [-0.39, 0.29) is 22.7 Å². The fraction of sp³-hybridized carbons (Fsp3) is 0.562. The molecule has 122 valence electrons. The van der Waals surface area contributed by atoms with Crippen molar-refractivity contribution in [3.05, 3.63) is 29.0 Å². The number of aliphatic hydroxyl groups is 1. The molecule has 1 amide bonds. The zero-order valence-electron chi connectivity index (χ0n) is 12.8. The lowest BCUT2D eigenvalue weighted by molar-refractivity contribution is -0.139. The van der Waals surface area contributed by atoms with Gasteiger partial charge in [0.25, 0.3) is 5.91 Å². The van der Waals surface area contributed by atoms with E-state index in [2.05, 4.69) is 0 Å². The summed E-state index contributed by atoms with van der Waals surface area (Å²) in [6, 6.07) is 3.85. The topological polar surface area (TPSA) is 49.8 Å². The minimum absolute atomic E-state index is 0.0437. The number of ether oxygens (including phenoxy) is 1. The molecule has 3 atom stereocenters. The van der Waals surface area contributed by atoms with Crippen LogP contribution in [0.3, 0.4) is 0 Å². The molecule has 0 aromatic heterocycles. The van der Waals surface area contributed by atoms with Gasteiger partial charge in [0.05, 0.1) is 11.1 Å². The third-order valence-electron chi connectivity index (χ3n) is 3.82. The van der Waals surface area contributed by atoms with Gasteiger partial charge < -0.3 is 14.7 Å². The normalized spacial score (nSPS) is 20.8. The molecule has 22 heavy (non-hydrogen) atoms. The minimum atomic E-state index is -0.711. The number of hydrogen-bond donors (Lipinski definition) is 1. The molecule has 1 aliphatic heterocycles. The Labute approximate surface area is 134 Å². The number of amides is 1. The number of carbonyl (C=O) groups excluding carboxylic acids is 1. The summed E-state index contributed by atoms with van der Waals surface area (Å²) in [5.41, 5.74) is 0. The molecule has 1 saturated heterocycles. The van der Waals surface area contributed by atoms with Crippen molar-refractivity contribution in [3.63, 3.8) is 0 Å². The highest BCUT2D eigenvalue weighted by molar-refractivity contribution is 6.32.